The smallest absolute Gasteiger partial charge is 0.234 e. The lowest BCUT2D eigenvalue weighted by molar-refractivity contribution is -0.122. The number of carbonyl (C=O) groups is 2. The Bertz CT molecular complexity index is 1440. The van der Waals surface area contributed by atoms with Crippen molar-refractivity contribution in [2.24, 2.45) is 11.3 Å². The monoisotopic (exact) mass is 643 g/mol. The predicted octanol–water partition coefficient (Wildman–Crippen LogP) is 5.89. The summed E-state index contributed by atoms with van der Waals surface area (Å²) in [4.78, 5) is 45.8. The standard InChI is InChI=1S/C37H53N7O3/c1-4-42-19-21-43(22-20-42)28-13-9-26(10-14-28)11-16-32(45)27-12-15-30(33(23-27)47-3)39-36-38-24-31-34(40-36)44(29-7-5-6-8-29)25-37(17-18-37)35(46)41(31)2/h12,15,23-24,26,28-29H,4-11,13-14,16-22,25H2,1-3H3,(H,38,39,40). The maximum absolute atomic E-state index is 13.4. The predicted molar refractivity (Wildman–Crippen MR) is 186 cm³/mol. The number of amides is 1. The van der Waals surface area contributed by atoms with E-state index in [1.54, 1.807) is 18.2 Å². The van der Waals surface area contributed by atoms with Crippen molar-refractivity contribution in [1.82, 2.24) is 19.8 Å². The van der Waals surface area contributed by atoms with Crippen LogP contribution in [0.1, 0.15) is 94.3 Å². The van der Waals surface area contributed by atoms with Crippen molar-refractivity contribution >= 4 is 34.8 Å². The number of nitrogens with one attached hydrogen (secondary N) is 1. The van der Waals surface area contributed by atoms with Crippen LogP contribution in [0.25, 0.3) is 0 Å². The van der Waals surface area contributed by atoms with Gasteiger partial charge in [-0.3, -0.25) is 14.5 Å². The highest BCUT2D eigenvalue weighted by atomic mass is 16.5. The number of hydrogen-bond donors (Lipinski definition) is 1. The third-order valence-corrected chi connectivity index (χ3v) is 12.0. The van der Waals surface area contributed by atoms with Gasteiger partial charge in [0.25, 0.3) is 0 Å². The van der Waals surface area contributed by atoms with E-state index in [1.807, 2.05) is 25.2 Å². The molecular weight excluding hydrogens is 590 g/mol. The van der Waals surface area contributed by atoms with Gasteiger partial charge in [0.1, 0.15) is 11.4 Å². The van der Waals surface area contributed by atoms with E-state index in [0.29, 0.717) is 41.3 Å². The molecule has 2 aliphatic heterocycles. The highest BCUT2D eigenvalue weighted by Gasteiger charge is 2.55. The van der Waals surface area contributed by atoms with Gasteiger partial charge in [-0.05, 0) is 88.4 Å². The first-order valence-electron chi connectivity index (χ1n) is 18.2. The fourth-order valence-corrected chi connectivity index (χ4v) is 8.66. The number of ether oxygens (including phenoxy) is 1. The van der Waals surface area contributed by atoms with Crippen LogP contribution in [0, 0.1) is 11.3 Å². The van der Waals surface area contributed by atoms with Gasteiger partial charge in [-0.1, -0.05) is 19.8 Å². The lowest BCUT2D eigenvalue weighted by Crippen LogP contribution is -2.50. The number of methoxy groups -OCH3 is 1. The Morgan fingerprint density at radius 1 is 1.02 bits per heavy atom. The number of Topliss-reactive ketones (excluding diaryl/α,β-unsaturated/α-hetero) is 1. The minimum Gasteiger partial charge on any atom is -0.495 e. The summed E-state index contributed by atoms with van der Waals surface area (Å²) in [6.45, 7) is 8.93. The van der Waals surface area contributed by atoms with Crippen molar-refractivity contribution < 1.29 is 14.3 Å². The van der Waals surface area contributed by atoms with Crippen molar-refractivity contribution in [3.63, 3.8) is 0 Å². The zero-order valence-corrected chi connectivity index (χ0v) is 28.7. The van der Waals surface area contributed by atoms with Crippen LogP contribution >= 0.6 is 0 Å². The Hall–Kier alpha value is -3.24. The van der Waals surface area contributed by atoms with E-state index in [0.717, 1.165) is 62.7 Å². The Morgan fingerprint density at radius 2 is 1.77 bits per heavy atom. The highest BCUT2D eigenvalue weighted by Crippen LogP contribution is 2.52. The Labute approximate surface area is 280 Å². The number of rotatable bonds is 10. The molecule has 0 radical (unpaired) electrons. The summed E-state index contributed by atoms with van der Waals surface area (Å²) >= 11 is 0. The Morgan fingerprint density at radius 3 is 2.45 bits per heavy atom. The van der Waals surface area contributed by atoms with Crippen LogP contribution in [-0.2, 0) is 4.79 Å². The number of fused-ring (bicyclic) bond motifs is 1. The van der Waals surface area contributed by atoms with Gasteiger partial charge in [0.15, 0.2) is 11.6 Å². The molecule has 1 amide bonds. The third kappa shape index (κ3) is 6.73. The van der Waals surface area contributed by atoms with E-state index in [-0.39, 0.29) is 17.1 Å². The van der Waals surface area contributed by atoms with Crippen LogP contribution in [0.4, 0.5) is 23.1 Å². The fraction of sp³-hybridized carbons (Fsp3) is 0.676. The Kier molecular flexibility index (Phi) is 9.42. The van der Waals surface area contributed by atoms with Crippen LogP contribution in [0.2, 0.25) is 0 Å². The second-order valence-corrected chi connectivity index (χ2v) is 14.8. The molecule has 10 heteroatoms. The third-order valence-electron chi connectivity index (χ3n) is 12.0. The van der Waals surface area contributed by atoms with E-state index in [9.17, 15) is 9.59 Å². The molecule has 5 aliphatic rings. The number of anilines is 4. The topological polar surface area (TPSA) is 94.1 Å². The quantitative estimate of drug-likeness (QED) is 0.318. The molecule has 47 heavy (non-hydrogen) atoms. The summed E-state index contributed by atoms with van der Waals surface area (Å²) in [5.74, 6) is 2.86. The molecule has 3 aliphatic carbocycles. The molecule has 1 saturated heterocycles. The largest absolute Gasteiger partial charge is 0.495 e. The molecule has 254 valence electrons. The first-order valence-corrected chi connectivity index (χ1v) is 18.2. The number of piperazine rings is 1. The fourth-order valence-electron chi connectivity index (χ4n) is 8.66. The summed E-state index contributed by atoms with van der Waals surface area (Å²) in [6.07, 6.45) is 14.8. The molecule has 7 rings (SSSR count). The van der Waals surface area contributed by atoms with Crippen molar-refractivity contribution in [2.75, 3.05) is 68.5 Å². The minimum atomic E-state index is -0.291. The molecule has 3 saturated carbocycles. The maximum atomic E-state index is 13.4. The second-order valence-electron chi connectivity index (χ2n) is 14.8. The van der Waals surface area contributed by atoms with E-state index in [1.165, 1.54) is 64.7 Å². The lowest BCUT2D eigenvalue weighted by atomic mass is 9.82. The van der Waals surface area contributed by atoms with Gasteiger partial charge < -0.3 is 24.8 Å². The molecule has 10 nitrogen and oxygen atoms in total. The van der Waals surface area contributed by atoms with Crippen molar-refractivity contribution in [3.8, 4) is 5.75 Å². The van der Waals surface area contributed by atoms with Gasteiger partial charge in [0.05, 0.1) is 24.4 Å². The van der Waals surface area contributed by atoms with E-state index in [4.69, 9.17) is 9.72 Å². The Balaban J connectivity index is 0.983. The number of aromatic nitrogens is 2. The summed E-state index contributed by atoms with van der Waals surface area (Å²) in [7, 11) is 3.49. The van der Waals surface area contributed by atoms with Crippen molar-refractivity contribution in [2.45, 2.75) is 96.1 Å². The normalized spacial score (nSPS) is 25.1. The van der Waals surface area contributed by atoms with Crippen LogP contribution < -0.4 is 19.9 Å². The first-order chi connectivity index (χ1) is 22.9. The molecular formula is C37H53N7O3. The van der Waals surface area contributed by atoms with E-state index >= 15 is 0 Å². The van der Waals surface area contributed by atoms with Gasteiger partial charge in [0, 0.05) is 63.8 Å². The summed E-state index contributed by atoms with van der Waals surface area (Å²) in [6, 6.07) is 6.74. The highest BCUT2D eigenvalue weighted by molar-refractivity contribution is 6.03. The van der Waals surface area contributed by atoms with Crippen molar-refractivity contribution in [3.05, 3.63) is 30.0 Å². The molecule has 1 spiro atoms. The number of hydrogen-bond acceptors (Lipinski definition) is 9. The van der Waals surface area contributed by atoms with Gasteiger partial charge in [0.2, 0.25) is 11.9 Å². The van der Waals surface area contributed by atoms with Crippen LogP contribution in [0.3, 0.4) is 0 Å². The van der Waals surface area contributed by atoms with Gasteiger partial charge >= 0.3 is 0 Å². The molecule has 1 aromatic heterocycles. The van der Waals surface area contributed by atoms with Crippen LogP contribution in [-0.4, -0.2) is 97.0 Å². The number of nitrogens with zero attached hydrogens (tertiary/aromatic N) is 6. The average Bonchev–Trinajstić information content (AvgIpc) is 3.72. The molecule has 1 aromatic carbocycles. The molecule has 3 heterocycles. The number of likely N-dealkylation sites (N-methyl/N-ethyl adjacent to an activating group) is 1. The van der Waals surface area contributed by atoms with E-state index < -0.39 is 0 Å². The minimum absolute atomic E-state index is 0.169. The van der Waals surface area contributed by atoms with Gasteiger partial charge in [-0.2, -0.15) is 4.98 Å². The maximum Gasteiger partial charge on any atom is 0.234 e. The zero-order chi connectivity index (χ0) is 32.5. The molecule has 0 unspecified atom stereocenters. The van der Waals surface area contributed by atoms with Gasteiger partial charge in [-0.25, -0.2) is 4.98 Å². The molecule has 0 atom stereocenters. The average molecular weight is 644 g/mol. The SMILES string of the molecule is CCN1CCN(C2CCC(CCC(=O)c3ccc(Nc4ncc5c(n4)N(C4CCCC4)CC4(CC4)C(=O)N5C)c(OC)c3)CC2)CC1. The number of carbonyl (C=O) groups excluding carboxylic acids is 2. The number of benzene rings is 1. The number of ketones is 1. The van der Waals surface area contributed by atoms with Crippen molar-refractivity contribution in [1.29, 1.82) is 0 Å². The van der Waals surface area contributed by atoms with Crippen LogP contribution in [0.5, 0.6) is 5.75 Å². The molecule has 1 N–H and O–H groups in total. The molecule has 0 bridgehead atoms. The second kappa shape index (κ2) is 13.7. The van der Waals surface area contributed by atoms with Gasteiger partial charge in [-0.15, -0.1) is 0 Å². The lowest BCUT2D eigenvalue weighted by Gasteiger charge is -2.41. The van der Waals surface area contributed by atoms with E-state index in [2.05, 4.69) is 31.9 Å². The molecule has 4 fully saturated rings. The summed E-state index contributed by atoms with van der Waals surface area (Å²) < 4.78 is 5.75. The first kappa shape index (κ1) is 32.3. The summed E-state index contributed by atoms with van der Waals surface area (Å²) in [5.41, 5.74) is 1.87. The summed E-state index contributed by atoms with van der Waals surface area (Å²) in [5, 5.41) is 3.36. The molecule has 2 aromatic rings. The zero-order valence-electron chi connectivity index (χ0n) is 28.7. The van der Waals surface area contributed by atoms with Crippen LogP contribution in [0.15, 0.2) is 24.4 Å².